The maximum atomic E-state index is 13.1. The van der Waals surface area contributed by atoms with Crippen molar-refractivity contribution in [3.8, 4) is 0 Å². The lowest BCUT2D eigenvalue weighted by Gasteiger charge is -2.49. The number of fused-ring (bicyclic) bond motifs is 1. The lowest BCUT2D eigenvalue weighted by atomic mass is 10.0. The number of hydrogen-bond acceptors (Lipinski definition) is 12. The van der Waals surface area contributed by atoms with E-state index in [-0.39, 0.29) is 34.6 Å². The minimum atomic E-state index is -1.51. The fourth-order valence-electron chi connectivity index (χ4n) is 3.72. The number of aromatic nitrogens is 2. The van der Waals surface area contributed by atoms with Crippen molar-refractivity contribution >= 4 is 75.4 Å². The van der Waals surface area contributed by atoms with Crippen molar-refractivity contribution in [1.29, 1.82) is 0 Å². The first-order chi connectivity index (χ1) is 19.5. The highest BCUT2D eigenvalue weighted by molar-refractivity contribution is 8.01. The van der Waals surface area contributed by atoms with Gasteiger partial charge in [0.1, 0.15) is 22.8 Å². The summed E-state index contributed by atoms with van der Waals surface area (Å²) in [5.41, 5.74) is 5.49. The predicted molar refractivity (Wildman–Crippen MR) is 146 cm³/mol. The Hall–Kier alpha value is -4.42. The van der Waals surface area contributed by atoms with Crippen molar-refractivity contribution in [2.24, 2.45) is 5.16 Å². The van der Waals surface area contributed by atoms with Gasteiger partial charge in [0.2, 0.25) is 12.3 Å². The molecule has 0 bridgehead atoms. The number of nitrogen functional groups attached to an aromatic ring is 1. The van der Waals surface area contributed by atoms with Gasteiger partial charge in [-0.3, -0.25) is 14.5 Å². The first-order valence-corrected chi connectivity index (χ1v) is 14.3. The van der Waals surface area contributed by atoms with Gasteiger partial charge in [0.15, 0.2) is 23.2 Å². The number of thioether (sulfide) groups is 2. The Bertz CT molecular complexity index is 1500. The monoisotopic (exact) mass is 621 g/mol. The molecule has 18 heteroatoms. The van der Waals surface area contributed by atoms with Gasteiger partial charge in [-0.05, 0) is 12.2 Å². The molecule has 0 saturated carbocycles. The van der Waals surface area contributed by atoms with Crippen molar-refractivity contribution < 1.29 is 48.7 Å². The molecule has 2 aliphatic rings. The number of nitrogens with two attached hydrogens (primary N) is 1. The number of nitrogens with zero attached hydrogens (tertiary/aromatic N) is 4. The average molecular weight is 622 g/mol. The Kier molecular flexibility index (Phi) is 8.94. The number of thiazole rings is 1. The predicted octanol–water partition coefficient (Wildman–Crippen LogP) is -0.0527. The number of β-lactam (4-membered cyclic amide) rings is 1. The number of nitrogens with one attached hydrogen (secondary N) is 1. The number of oxime groups is 1. The number of carboxylic acid groups (broad SMARTS) is 3. The number of aliphatic carboxylic acids is 3. The molecule has 1 fully saturated rings. The van der Waals surface area contributed by atoms with Crippen LogP contribution in [0.2, 0.25) is 0 Å². The van der Waals surface area contributed by atoms with E-state index in [4.69, 9.17) is 20.8 Å². The number of amides is 2. The molecule has 0 radical (unpaired) electrons. The molecule has 0 aliphatic carbocycles. The maximum absolute atomic E-state index is 13.1. The third kappa shape index (κ3) is 6.67. The third-order valence-corrected chi connectivity index (χ3v) is 8.70. The molecule has 214 valence electrons. The summed E-state index contributed by atoms with van der Waals surface area (Å²) in [5.74, 6) is -5.59. The Balaban J connectivity index is 1.47. The molecule has 1 saturated heterocycles. The Morgan fingerprint density at radius 1 is 1.27 bits per heavy atom. The number of pyridine rings is 1. The minimum Gasteiger partial charge on any atom is -0.477 e. The SMILES string of the molecule is C=C(ON=C(C(=O)NC1C(=O)N2C(C(=O)O)=C(CSc3cc[n+](CC(=O)O)cc3)CS[C@@H]12)c1csc(N)n1)C(=O)O. The van der Waals surface area contributed by atoms with Crippen molar-refractivity contribution in [3.63, 3.8) is 0 Å². The molecule has 6 N–H and O–H groups in total. The molecule has 2 aliphatic heterocycles. The number of hydrogen-bond donors (Lipinski definition) is 5. The quantitative estimate of drug-likeness (QED) is 0.0399. The highest BCUT2D eigenvalue weighted by Crippen LogP contribution is 2.41. The summed E-state index contributed by atoms with van der Waals surface area (Å²) in [5, 5.41) is 34.6. The van der Waals surface area contributed by atoms with Crippen molar-refractivity contribution in [2.45, 2.75) is 22.9 Å². The number of carbonyl (C=O) groups excluding carboxylic acids is 2. The average Bonchev–Trinajstić information content (AvgIpc) is 3.35. The van der Waals surface area contributed by atoms with Crippen LogP contribution in [0.3, 0.4) is 0 Å². The topological polar surface area (TPSA) is 226 Å². The number of carboxylic acids is 3. The zero-order valence-corrected chi connectivity index (χ0v) is 23.2. The van der Waals surface area contributed by atoms with Crippen LogP contribution in [0.5, 0.6) is 0 Å². The minimum absolute atomic E-state index is 0.0251. The number of carbonyl (C=O) groups is 5. The van der Waals surface area contributed by atoms with Crippen LogP contribution in [-0.4, -0.2) is 83.6 Å². The molecule has 4 heterocycles. The smallest absolute Gasteiger partial charge is 0.374 e. The zero-order chi connectivity index (χ0) is 29.8. The van der Waals surface area contributed by atoms with Gasteiger partial charge in [0, 0.05) is 33.9 Å². The van der Waals surface area contributed by atoms with Crippen LogP contribution in [0.1, 0.15) is 5.69 Å². The van der Waals surface area contributed by atoms with Crippen LogP contribution in [0.15, 0.2) is 63.6 Å². The van der Waals surface area contributed by atoms with Crippen LogP contribution in [0.25, 0.3) is 0 Å². The van der Waals surface area contributed by atoms with E-state index in [1.54, 1.807) is 24.5 Å². The number of anilines is 1. The van der Waals surface area contributed by atoms with Crippen LogP contribution in [-0.2, 0) is 35.4 Å². The Labute approximate surface area is 243 Å². The summed E-state index contributed by atoms with van der Waals surface area (Å²) in [6.45, 7) is 2.97. The van der Waals surface area contributed by atoms with E-state index in [1.807, 2.05) is 0 Å². The van der Waals surface area contributed by atoms with Crippen LogP contribution in [0, 0.1) is 0 Å². The van der Waals surface area contributed by atoms with E-state index in [9.17, 15) is 29.1 Å². The third-order valence-electron chi connectivity index (χ3n) is 5.59. The molecule has 0 aromatic carbocycles. The maximum Gasteiger partial charge on any atom is 0.374 e. The molecular weight excluding hydrogens is 600 g/mol. The van der Waals surface area contributed by atoms with Crippen molar-refractivity contribution in [2.75, 3.05) is 17.2 Å². The largest absolute Gasteiger partial charge is 0.477 e. The molecule has 4 rings (SSSR count). The van der Waals surface area contributed by atoms with Gasteiger partial charge in [-0.25, -0.2) is 19.4 Å². The summed E-state index contributed by atoms with van der Waals surface area (Å²) in [6.07, 6.45) is 3.20. The molecule has 1 unspecified atom stereocenters. The zero-order valence-electron chi connectivity index (χ0n) is 20.8. The van der Waals surface area contributed by atoms with Gasteiger partial charge < -0.3 is 31.2 Å². The Morgan fingerprint density at radius 3 is 2.56 bits per heavy atom. The summed E-state index contributed by atoms with van der Waals surface area (Å²) >= 11 is 3.59. The highest BCUT2D eigenvalue weighted by atomic mass is 32.2. The number of rotatable bonds is 12. The van der Waals surface area contributed by atoms with E-state index in [0.29, 0.717) is 5.57 Å². The Morgan fingerprint density at radius 2 is 1.98 bits per heavy atom. The summed E-state index contributed by atoms with van der Waals surface area (Å²) < 4.78 is 1.48. The fraction of sp³-hybridized carbons (Fsp3) is 0.217. The van der Waals surface area contributed by atoms with Gasteiger partial charge in [-0.2, -0.15) is 4.57 Å². The molecule has 2 aromatic rings. The van der Waals surface area contributed by atoms with Gasteiger partial charge in [-0.1, -0.05) is 5.16 Å². The molecule has 15 nitrogen and oxygen atoms in total. The van der Waals surface area contributed by atoms with Gasteiger partial charge in [-0.15, -0.1) is 34.9 Å². The molecule has 2 amide bonds. The molecular formula is C23H21N6O9S3+. The van der Waals surface area contributed by atoms with Crippen LogP contribution >= 0.6 is 34.9 Å². The second-order valence-electron chi connectivity index (χ2n) is 8.34. The van der Waals surface area contributed by atoms with Gasteiger partial charge in [0.05, 0.1) is 0 Å². The molecule has 41 heavy (non-hydrogen) atoms. The second-order valence-corrected chi connectivity index (χ2v) is 11.4. The van der Waals surface area contributed by atoms with E-state index >= 15 is 0 Å². The van der Waals surface area contributed by atoms with Gasteiger partial charge >= 0.3 is 17.9 Å². The first-order valence-electron chi connectivity index (χ1n) is 11.4. The second kappa shape index (κ2) is 12.4. The molecule has 0 spiro atoms. The summed E-state index contributed by atoms with van der Waals surface area (Å²) in [7, 11) is 0. The standard InChI is InChI=1S/C23H20N6O9S3/c1-10(21(34)35)38-27-15(13-9-41-23(24)25-13)18(32)26-16-19(33)29-17(22(36)37)11(8-40-20(16)29)7-39-12-2-4-28(5-3-12)6-14(30)31/h2-5,9,16,20H,1,6-8H2,(H5-,24,25,26,30,31,32,34,35,36,37)/p+1/t16?,20-/m0/s1. The van der Waals surface area contributed by atoms with Gasteiger partial charge in [0.25, 0.3) is 11.8 Å². The highest BCUT2D eigenvalue weighted by Gasteiger charge is 2.54. The van der Waals surface area contributed by atoms with E-state index < -0.39 is 52.6 Å². The van der Waals surface area contributed by atoms with Crippen LogP contribution < -0.4 is 15.6 Å². The molecule has 2 atom stereocenters. The lowest BCUT2D eigenvalue weighted by molar-refractivity contribution is -0.686. The van der Waals surface area contributed by atoms with E-state index in [0.717, 1.165) is 21.1 Å². The first kappa shape index (κ1) is 29.6. The van der Waals surface area contributed by atoms with Crippen LogP contribution in [0.4, 0.5) is 5.13 Å². The summed E-state index contributed by atoms with van der Waals surface area (Å²) in [6, 6.07) is 2.31. The lowest BCUT2D eigenvalue weighted by Crippen LogP contribution is -2.71. The van der Waals surface area contributed by atoms with Crippen molar-refractivity contribution in [1.82, 2.24) is 15.2 Å². The van der Waals surface area contributed by atoms with E-state index in [2.05, 4.69) is 22.0 Å². The van der Waals surface area contributed by atoms with E-state index in [1.165, 1.54) is 33.5 Å². The normalized spacial score (nSPS) is 18.3. The van der Waals surface area contributed by atoms with Crippen molar-refractivity contribution in [3.05, 3.63) is 59.2 Å². The molecule has 2 aromatic heterocycles. The fourth-order valence-corrected chi connectivity index (χ4v) is 6.63. The summed E-state index contributed by atoms with van der Waals surface area (Å²) in [4.78, 5) is 70.7.